The van der Waals surface area contributed by atoms with Gasteiger partial charge in [0.2, 0.25) is 5.91 Å². The van der Waals surface area contributed by atoms with Gasteiger partial charge in [-0.3, -0.25) is 14.5 Å². The Morgan fingerprint density at radius 1 is 1.10 bits per heavy atom. The molecule has 30 heavy (non-hydrogen) atoms. The van der Waals surface area contributed by atoms with E-state index in [0.29, 0.717) is 5.39 Å². The van der Waals surface area contributed by atoms with E-state index in [1.165, 1.54) is 11.0 Å². The third-order valence-electron chi connectivity index (χ3n) is 4.93. The zero-order chi connectivity index (χ0) is 21.3. The molecular weight excluding hydrogens is 381 g/mol. The van der Waals surface area contributed by atoms with Crippen LogP contribution in [0.4, 0.5) is 4.39 Å². The number of amides is 1. The standard InChI is InChI=1S/C23H18FN5O/c1-28(2)23(30)14-29-13-19(11-27-29)15-3-5-16(6-4-15)21-12-26-10-18-8-22(24)17(9-25)7-20(18)21/h3-8,10-13H,14H2,1-2H3. The van der Waals surface area contributed by atoms with E-state index in [2.05, 4.69) is 10.1 Å². The van der Waals surface area contributed by atoms with E-state index in [4.69, 9.17) is 5.26 Å². The van der Waals surface area contributed by atoms with Gasteiger partial charge in [0.1, 0.15) is 18.4 Å². The van der Waals surface area contributed by atoms with Gasteiger partial charge in [-0.25, -0.2) is 4.39 Å². The summed E-state index contributed by atoms with van der Waals surface area (Å²) in [6, 6.07) is 12.6. The fraction of sp³-hybridized carbons (Fsp3) is 0.130. The molecule has 0 aliphatic rings. The lowest BCUT2D eigenvalue weighted by Crippen LogP contribution is -2.26. The number of likely N-dealkylation sites (N-methyl/N-ethyl adjacent to an activating group) is 1. The Morgan fingerprint density at radius 2 is 1.83 bits per heavy atom. The quantitative estimate of drug-likeness (QED) is 0.522. The van der Waals surface area contributed by atoms with Crippen molar-refractivity contribution in [2.45, 2.75) is 6.54 Å². The van der Waals surface area contributed by atoms with E-state index in [9.17, 15) is 9.18 Å². The van der Waals surface area contributed by atoms with Crippen LogP contribution in [-0.2, 0) is 11.3 Å². The van der Waals surface area contributed by atoms with Gasteiger partial charge < -0.3 is 4.90 Å². The van der Waals surface area contributed by atoms with Crippen LogP contribution in [0.2, 0.25) is 0 Å². The normalized spacial score (nSPS) is 10.7. The summed E-state index contributed by atoms with van der Waals surface area (Å²) < 4.78 is 15.5. The average molecular weight is 399 g/mol. The average Bonchev–Trinajstić information content (AvgIpc) is 3.21. The van der Waals surface area contributed by atoms with Gasteiger partial charge >= 0.3 is 0 Å². The number of pyridine rings is 1. The Balaban J connectivity index is 1.66. The molecule has 0 bridgehead atoms. The molecule has 0 atom stereocenters. The summed E-state index contributed by atoms with van der Waals surface area (Å²) >= 11 is 0. The molecule has 0 aliphatic heterocycles. The van der Waals surface area contributed by atoms with Crippen LogP contribution in [0.5, 0.6) is 0 Å². The van der Waals surface area contributed by atoms with E-state index >= 15 is 0 Å². The SMILES string of the molecule is CN(C)C(=O)Cn1cc(-c2ccc(-c3cncc4cc(F)c(C#N)cc34)cc2)cn1. The number of rotatable bonds is 4. The molecule has 0 unspecified atom stereocenters. The van der Waals surface area contributed by atoms with E-state index < -0.39 is 5.82 Å². The molecule has 6 nitrogen and oxygen atoms in total. The Kier molecular flexibility index (Phi) is 4.98. The van der Waals surface area contributed by atoms with Crippen molar-refractivity contribution in [3.63, 3.8) is 0 Å². The van der Waals surface area contributed by atoms with Crippen molar-refractivity contribution in [1.82, 2.24) is 19.7 Å². The Bertz CT molecular complexity index is 1290. The minimum Gasteiger partial charge on any atom is -0.347 e. The number of benzene rings is 2. The number of nitriles is 1. The van der Waals surface area contributed by atoms with Crippen molar-refractivity contribution in [1.29, 1.82) is 5.26 Å². The van der Waals surface area contributed by atoms with Crippen LogP contribution >= 0.6 is 0 Å². The second-order valence-electron chi connectivity index (χ2n) is 7.14. The first kappa shape index (κ1) is 19.3. The summed E-state index contributed by atoms with van der Waals surface area (Å²) in [7, 11) is 3.42. The summed E-state index contributed by atoms with van der Waals surface area (Å²) in [5, 5.41) is 14.8. The maximum Gasteiger partial charge on any atom is 0.243 e. The van der Waals surface area contributed by atoms with Gasteiger partial charge in [0.05, 0.1) is 11.8 Å². The van der Waals surface area contributed by atoms with Crippen LogP contribution < -0.4 is 0 Å². The fourth-order valence-electron chi connectivity index (χ4n) is 3.23. The lowest BCUT2D eigenvalue weighted by molar-refractivity contribution is -0.129. The number of hydrogen-bond donors (Lipinski definition) is 0. The summed E-state index contributed by atoms with van der Waals surface area (Å²) in [4.78, 5) is 17.6. The molecule has 0 aliphatic carbocycles. The second kappa shape index (κ2) is 7.76. The molecule has 0 radical (unpaired) electrons. The molecule has 2 aromatic carbocycles. The molecule has 4 aromatic rings. The van der Waals surface area contributed by atoms with Crippen molar-refractivity contribution in [3.8, 4) is 28.3 Å². The molecule has 1 amide bonds. The predicted octanol–water partition coefficient (Wildman–Crippen LogP) is 3.86. The van der Waals surface area contributed by atoms with Gasteiger partial charge in [-0.15, -0.1) is 0 Å². The number of carbonyl (C=O) groups is 1. The maximum atomic E-state index is 13.9. The lowest BCUT2D eigenvalue weighted by Gasteiger charge is -2.09. The van der Waals surface area contributed by atoms with Crippen molar-refractivity contribution in [2.75, 3.05) is 14.1 Å². The molecule has 4 rings (SSSR count). The molecule has 7 heteroatoms. The van der Waals surface area contributed by atoms with Gasteiger partial charge in [0.25, 0.3) is 0 Å². The van der Waals surface area contributed by atoms with Crippen LogP contribution in [0.3, 0.4) is 0 Å². The Hall–Kier alpha value is -4.05. The van der Waals surface area contributed by atoms with Crippen LogP contribution in [0, 0.1) is 17.1 Å². The molecule has 0 saturated carbocycles. The molecule has 0 fully saturated rings. The minimum atomic E-state index is -0.552. The largest absolute Gasteiger partial charge is 0.347 e. The topological polar surface area (TPSA) is 74.8 Å². The highest BCUT2D eigenvalue weighted by Gasteiger charge is 2.11. The first-order chi connectivity index (χ1) is 14.5. The highest BCUT2D eigenvalue weighted by atomic mass is 19.1. The molecule has 2 aromatic heterocycles. The van der Waals surface area contributed by atoms with Crippen molar-refractivity contribution >= 4 is 16.7 Å². The number of fused-ring (bicyclic) bond motifs is 1. The van der Waals surface area contributed by atoms with Crippen LogP contribution in [0.1, 0.15) is 5.56 Å². The fourth-order valence-corrected chi connectivity index (χ4v) is 3.23. The summed E-state index contributed by atoms with van der Waals surface area (Å²) in [5.41, 5.74) is 3.59. The van der Waals surface area contributed by atoms with Gasteiger partial charge in [0.15, 0.2) is 0 Å². The van der Waals surface area contributed by atoms with Gasteiger partial charge in [0, 0.05) is 49.2 Å². The third kappa shape index (κ3) is 3.63. The van der Waals surface area contributed by atoms with Gasteiger partial charge in [-0.1, -0.05) is 24.3 Å². The van der Waals surface area contributed by atoms with Crippen molar-refractivity contribution in [3.05, 3.63) is 72.6 Å². The predicted molar refractivity (Wildman–Crippen MR) is 112 cm³/mol. The Morgan fingerprint density at radius 3 is 2.53 bits per heavy atom. The van der Waals surface area contributed by atoms with E-state index in [-0.39, 0.29) is 18.0 Å². The van der Waals surface area contributed by atoms with E-state index in [1.807, 2.05) is 36.5 Å². The number of hydrogen-bond acceptors (Lipinski definition) is 4. The Labute approximate surface area is 172 Å². The van der Waals surface area contributed by atoms with Crippen LogP contribution in [0.25, 0.3) is 33.0 Å². The smallest absolute Gasteiger partial charge is 0.243 e. The van der Waals surface area contributed by atoms with Gasteiger partial charge in [-0.05, 0) is 28.6 Å². The number of carbonyl (C=O) groups excluding carboxylic acids is 1. The van der Waals surface area contributed by atoms with Gasteiger partial charge in [-0.2, -0.15) is 10.4 Å². The molecular formula is C23H18FN5O. The summed E-state index contributed by atoms with van der Waals surface area (Å²) in [5.74, 6) is -0.583. The maximum absolute atomic E-state index is 13.9. The lowest BCUT2D eigenvalue weighted by atomic mass is 9.97. The first-order valence-electron chi connectivity index (χ1n) is 9.27. The highest BCUT2D eigenvalue weighted by molar-refractivity contribution is 5.96. The summed E-state index contributed by atoms with van der Waals surface area (Å²) in [6.45, 7) is 0.185. The van der Waals surface area contributed by atoms with Crippen molar-refractivity contribution < 1.29 is 9.18 Å². The van der Waals surface area contributed by atoms with E-state index in [0.717, 1.165) is 27.6 Å². The monoisotopic (exact) mass is 399 g/mol. The zero-order valence-corrected chi connectivity index (χ0v) is 16.5. The molecule has 2 heterocycles. The zero-order valence-electron chi connectivity index (χ0n) is 16.5. The van der Waals surface area contributed by atoms with Crippen LogP contribution in [0.15, 0.2) is 61.2 Å². The second-order valence-corrected chi connectivity index (χ2v) is 7.14. The first-order valence-corrected chi connectivity index (χ1v) is 9.27. The number of halogens is 1. The van der Waals surface area contributed by atoms with Crippen molar-refractivity contribution in [2.24, 2.45) is 0 Å². The highest BCUT2D eigenvalue weighted by Crippen LogP contribution is 2.31. The third-order valence-corrected chi connectivity index (χ3v) is 4.93. The summed E-state index contributed by atoms with van der Waals surface area (Å²) in [6.07, 6.45) is 6.85. The molecule has 148 valence electrons. The minimum absolute atomic E-state index is 0.00579. The number of nitrogens with zero attached hydrogens (tertiary/aromatic N) is 5. The molecule has 0 spiro atoms. The molecule has 0 N–H and O–H groups in total. The molecule has 0 saturated heterocycles. The van der Waals surface area contributed by atoms with Crippen LogP contribution in [-0.4, -0.2) is 39.7 Å². The number of aromatic nitrogens is 3. The van der Waals surface area contributed by atoms with E-state index in [1.54, 1.807) is 43.4 Å².